The first kappa shape index (κ1) is 20.9. The van der Waals surface area contributed by atoms with Gasteiger partial charge < -0.3 is 20.1 Å². The van der Waals surface area contributed by atoms with E-state index in [0.29, 0.717) is 34.0 Å². The van der Waals surface area contributed by atoms with Crippen LogP contribution in [0.25, 0.3) is 0 Å². The number of nitrogens with one attached hydrogen (secondary N) is 2. The minimum Gasteiger partial charge on any atom is -0.495 e. The monoisotopic (exact) mass is 404 g/mol. The first-order valence-corrected chi connectivity index (χ1v) is 9.43. The van der Waals surface area contributed by atoms with Crippen LogP contribution in [-0.4, -0.2) is 26.0 Å². The third kappa shape index (κ3) is 4.78. The summed E-state index contributed by atoms with van der Waals surface area (Å²) >= 11 is 0. The van der Waals surface area contributed by atoms with Gasteiger partial charge in [0.1, 0.15) is 11.5 Å². The predicted molar refractivity (Wildman–Crippen MR) is 118 cm³/mol. The predicted octanol–water partition coefficient (Wildman–Crippen LogP) is 4.83. The maximum Gasteiger partial charge on any atom is 0.255 e. The van der Waals surface area contributed by atoms with Gasteiger partial charge in [0.25, 0.3) is 11.8 Å². The summed E-state index contributed by atoms with van der Waals surface area (Å²) in [5.41, 5.74) is 4.06. The molecule has 2 N–H and O–H groups in total. The van der Waals surface area contributed by atoms with E-state index in [-0.39, 0.29) is 11.8 Å². The molecular weight excluding hydrogens is 380 g/mol. The lowest BCUT2D eigenvalue weighted by Crippen LogP contribution is -2.15. The summed E-state index contributed by atoms with van der Waals surface area (Å²) in [6.45, 7) is 3.87. The smallest absolute Gasteiger partial charge is 0.255 e. The van der Waals surface area contributed by atoms with Crippen molar-refractivity contribution in [1.82, 2.24) is 0 Å². The zero-order chi connectivity index (χ0) is 21.7. The molecule has 0 aliphatic rings. The molecule has 30 heavy (non-hydrogen) atoms. The third-order valence-corrected chi connectivity index (χ3v) is 4.62. The van der Waals surface area contributed by atoms with Gasteiger partial charge in [-0.15, -0.1) is 0 Å². The molecule has 0 aliphatic carbocycles. The highest BCUT2D eigenvalue weighted by atomic mass is 16.5. The lowest BCUT2D eigenvalue weighted by molar-refractivity contribution is 0.101. The van der Waals surface area contributed by atoms with Crippen molar-refractivity contribution in [2.45, 2.75) is 13.8 Å². The lowest BCUT2D eigenvalue weighted by Gasteiger charge is -2.12. The Kier molecular flexibility index (Phi) is 6.37. The van der Waals surface area contributed by atoms with Crippen LogP contribution >= 0.6 is 0 Å². The van der Waals surface area contributed by atoms with Crippen LogP contribution in [0.2, 0.25) is 0 Å². The van der Waals surface area contributed by atoms with Gasteiger partial charge in [-0.1, -0.05) is 12.1 Å². The molecule has 2 amide bonds. The van der Waals surface area contributed by atoms with E-state index in [0.717, 1.165) is 11.1 Å². The molecular formula is C24H24N2O4. The quantitative estimate of drug-likeness (QED) is 0.617. The summed E-state index contributed by atoms with van der Waals surface area (Å²) in [6, 6.07) is 17.5. The molecule has 0 saturated heterocycles. The Balaban J connectivity index is 1.73. The van der Waals surface area contributed by atoms with Crippen LogP contribution < -0.4 is 20.1 Å². The van der Waals surface area contributed by atoms with Crippen molar-refractivity contribution in [1.29, 1.82) is 0 Å². The Bertz CT molecular complexity index is 989. The van der Waals surface area contributed by atoms with Crippen molar-refractivity contribution in [3.8, 4) is 11.5 Å². The van der Waals surface area contributed by atoms with Crippen molar-refractivity contribution < 1.29 is 19.1 Å². The molecule has 0 aromatic heterocycles. The average molecular weight is 404 g/mol. The van der Waals surface area contributed by atoms with E-state index in [1.165, 1.54) is 0 Å². The van der Waals surface area contributed by atoms with E-state index < -0.39 is 0 Å². The Morgan fingerprint density at radius 3 is 1.33 bits per heavy atom. The van der Waals surface area contributed by atoms with Gasteiger partial charge in [-0.05, 0) is 73.5 Å². The second kappa shape index (κ2) is 9.13. The van der Waals surface area contributed by atoms with Crippen molar-refractivity contribution in [3.63, 3.8) is 0 Å². The van der Waals surface area contributed by atoms with Gasteiger partial charge in [-0.25, -0.2) is 0 Å². The minimum absolute atomic E-state index is 0.286. The molecule has 3 aromatic rings. The van der Waals surface area contributed by atoms with Gasteiger partial charge in [-0.3, -0.25) is 9.59 Å². The summed E-state index contributed by atoms with van der Waals surface area (Å²) in [7, 11) is 3.11. The van der Waals surface area contributed by atoms with E-state index >= 15 is 0 Å². The van der Waals surface area contributed by atoms with Crippen LogP contribution in [0.1, 0.15) is 31.8 Å². The molecule has 0 spiro atoms. The second-order valence-corrected chi connectivity index (χ2v) is 6.89. The van der Waals surface area contributed by atoms with Crippen LogP contribution in [0, 0.1) is 13.8 Å². The zero-order valence-corrected chi connectivity index (χ0v) is 17.4. The molecule has 0 radical (unpaired) electrons. The number of anilines is 2. The molecule has 0 heterocycles. The SMILES string of the molecule is COc1ccc(C)cc1NC(=O)c1ccc(C(=O)Nc2cc(C)ccc2OC)cc1. The van der Waals surface area contributed by atoms with E-state index in [9.17, 15) is 9.59 Å². The number of rotatable bonds is 6. The van der Waals surface area contributed by atoms with Gasteiger partial charge in [0, 0.05) is 11.1 Å². The van der Waals surface area contributed by atoms with Crippen LogP contribution in [0.4, 0.5) is 11.4 Å². The van der Waals surface area contributed by atoms with Crippen LogP contribution in [0.3, 0.4) is 0 Å². The van der Waals surface area contributed by atoms with E-state index in [1.54, 1.807) is 50.6 Å². The first-order chi connectivity index (χ1) is 14.4. The van der Waals surface area contributed by atoms with E-state index in [4.69, 9.17) is 9.47 Å². The number of carbonyl (C=O) groups excluding carboxylic acids is 2. The van der Waals surface area contributed by atoms with Gasteiger partial charge in [0.15, 0.2) is 0 Å². The second-order valence-electron chi connectivity index (χ2n) is 6.89. The van der Waals surface area contributed by atoms with Gasteiger partial charge in [-0.2, -0.15) is 0 Å². The minimum atomic E-state index is -0.286. The molecule has 6 nitrogen and oxygen atoms in total. The molecule has 0 unspecified atom stereocenters. The Morgan fingerprint density at radius 1 is 0.633 bits per heavy atom. The van der Waals surface area contributed by atoms with Gasteiger partial charge in [0.2, 0.25) is 0 Å². The molecule has 0 atom stereocenters. The molecule has 0 bridgehead atoms. The van der Waals surface area contributed by atoms with Gasteiger partial charge in [0.05, 0.1) is 25.6 Å². The molecule has 0 aliphatic heterocycles. The third-order valence-electron chi connectivity index (χ3n) is 4.62. The summed E-state index contributed by atoms with van der Waals surface area (Å²) in [4.78, 5) is 25.2. The standard InChI is InChI=1S/C24H24N2O4/c1-15-5-11-21(29-3)19(13-15)25-23(27)17-7-9-18(10-8-17)24(28)26-20-14-16(2)6-12-22(20)30-4/h5-14H,1-4H3,(H,25,27)(H,26,28). The maximum atomic E-state index is 12.6. The summed E-state index contributed by atoms with van der Waals surface area (Å²) in [5, 5.41) is 5.69. The first-order valence-electron chi connectivity index (χ1n) is 9.43. The van der Waals surface area contributed by atoms with Gasteiger partial charge >= 0.3 is 0 Å². The normalized spacial score (nSPS) is 10.3. The molecule has 0 saturated carbocycles. The number of amides is 2. The fourth-order valence-corrected chi connectivity index (χ4v) is 3.00. The number of carbonyl (C=O) groups is 2. The average Bonchev–Trinajstić information content (AvgIpc) is 2.74. The fourth-order valence-electron chi connectivity index (χ4n) is 3.00. The molecule has 3 rings (SSSR count). The number of ether oxygens (including phenoxy) is 2. The van der Waals surface area contributed by atoms with Crippen molar-refractivity contribution >= 4 is 23.2 Å². The number of methoxy groups -OCH3 is 2. The molecule has 6 heteroatoms. The highest BCUT2D eigenvalue weighted by Crippen LogP contribution is 2.27. The topological polar surface area (TPSA) is 76.7 Å². The lowest BCUT2D eigenvalue weighted by atomic mass is 10.1. The van der Waals surface area contributed by atoms with Crippen LogP contribution in [0.15, 0.2) is 60.7 Å². The number of benzene rings is 3. The highest BCUT2D eigenvalue weighted by molar-refractivity contribution is 6.08. The molecule has 0 fully saturated rings. The Hall–Kier alpha value is -3.80. The Labute approximate surface area is 175 Å². The number of aryl methyl sites for hydroxylation is 2. The number of hydrogen-bond acceptors (Lipinski definition) is 4. The largest absolute Gasteiger partial charge is 0.495 e. The fraction of sp³-hybridized carbons (Fsp3) is 0.167. The molecule has 3 aromatic carbocycles. The highest BCUT2D eigenvalue weighted by Gasteiger charge is 2.13. The van der Waals surface area contributed by atoms with E-state index in [1.807, 2.05) is 38.1 Å². The molecule has 154 valence electrons. The summed E-state index contributed by atoms with van der Waals surface area (Å²) in [6.07, 6.45) is 0. The van der Waals surface area contributed by atoms with Crippen molar-refractivity contribution in [2.75, 3.05) is 24.9 Å². The maximum absolute atomic E-state index is 12.6. The van der Waals surface area contributed by atoms with Crippen molar-refractivity contribution in [3.05, 3.63) is 82.9 Å². The summed E-state index contributed by atoms with van der Waals surface area (Å²) in [5.74, 6) is 0.589. The van der Waals surface area contributed by atoms with Crippen LogP contribution in [0.5, 0.6) is 11.5 Å². The Morgan fingerprint density at radius 2 is 1.00 bits per heavy atom. The van der Waals surface area contributed by atoms with E-state index in [2.05, 4.69) is 10.6 Å². The zero-order valence-electron chi connectivity index (χ0n) is 17.4. The van der Waals surface area contributed by atoms with Crippen molar-refractivity contribution in [2.24, 2.45) is 0 Å². The summed E-state index contributed by atoms with van der Waals surface area (Å²) < 4.78 is 10.6. The van der Waals surface area contributed by atoms with Crippen LogP contribution in [-0.2, 0) is 0 Å². The number of hydrogen-bond donors (Lipinski definition) is 2.